The van der Waals surface area contributed by atoms with Crippen LogP contribution in [0.3, 0.4) is 0 Å². The van der Waals surface area contributed by atoms with Gasteiger partial charge in [-0.3, -0.25) is 19.7 Å². The fraction of sp³-hybridized carbons (Fsp3) is 0. The molecule has 4 rings (SSSR count). The van der Waals surface area contributed by atoms with Gasteiger partial charge in [-0.15, -0.1) is 10.2 Å². The Bertz CT molecular complexity index is 1150. The van der Waals surface area contributed by atoms with Crippen molar-refractivity contribution in [2.24, 2.45) is 0 Å². The third kappa shape index (κ3) is 4.17. The number of ketones is 2. The summed E-state index contributed by atoms with van der Waals surface area (Å²) in [5.41, 5.74) is 1.52. The van der Waals surface area contributed by atoms with Gasteiger partial charge < -0.3 is 5.32 Å². The Morgan fingerprint density at radius 3 is 2.24 bits per heavy atom. The van der Waals surface area contributed by atoms with Crippen molar-refractivity contribution in [2.75, 3.05) is 10.6 Å². The average molecular weight is 402 g/mol. The minimum atomic E-state index is -0.361. The molecule has 0 spiro atoms. The van der Waals surface area contributed by atoms with E-state index in [1.54, 1.807) is 36.4 Å². The van der Waals surface area contributed by atoms with Gasteiger partial charge in [0.2, 0.25) is 10.9 Å². The molecule has 1 aliphatic carbocycles. The van der Waals surface area contributed by atoms with E-state index >= 15 is 0 Å². The summed E-state index contributed by atoms with van der Waals surface area (Å²) in [4.78, 5) is 37.1. The maximum Gasteiger partial charge on any atom is 0.257 e. The van der Waals surface area contributed by atoms with Crippen LogP contribution in [0.5, 0.6) is 0 Å². The van der Waals surface area contributed by atoms with Gasteiger partial charge >= 0.3 is 0 Å². The molecule has 29 heavy (non-hydrogen) atoms. The Balaban J connectivity index is 1.48. The zero-order valence-electron chi connectivity index (χ0n) is 15.0. The topological polar surface area (TPSA) is 101 Å². The van der Waals surface area contributed by atoms with Gasteiger partial charge in [0.1, 0.15) is 0 Å². The van der Waals surface area contributed by atoms with E-state index in [-0.39, 0.29) is 38.9 Å². The van der Waals surface area contributed by atoms with Gasteiger partial charge in [0.15, 0.2) is 10.8 Å². The van der Waals surface area contributed by atoms with E-state index in [4.69, 9.17) is 0 Å². The van der Waals surface area contributed by atoms with Gasteiger partial charge in [0.05, 0.1) is 11.3 Å². The predicted molar refractivity (Wildman–Crippen MR) is 110 cm³/mol. The van der Waals surface area contributed by atoms with Crippen LogP contribution in [0.15, 0.2) is 78.5 Å². The third-order valence-electron chi connectivity index (χ3n) is 4.05. The monoisotopic (exact) mass is 402 g/mol. The van der Waals surface area contributed by atoms with E-state index in [0.717, 1.165) is 11.3 Å². The van der Waals surface area contributed by atoms with Crippen LogP contribution in [-0.4, -0.2) is 27.7 Å². The first-order valence-electron chi connectivity index (χ1n) is 8.64. The number of hydrogen-bond donors (Lipinski definition) is 2. The molecule has 142 valence electrons. The molecule has 0 fully saturated rings. The number of carbonyl (C=O) groups is 3. The zero-order chi connectivity index (χ0) is 20.2. The van der Waals surface area contributed by atoms with Crippen molar-refractivity contribution in [1.29, 1.82) is 0 Å². The van der Waals surface area contributed by atoms with Crippen molar-refractivity contribution < 1.29 is 14.4 Å². The summed E-state index contributed by atoms with van der Waals surface area (Å²) in [6.45, 7) is 0. The molecule has 3 aromatic rings. The first kappa shape index (κ1) is 18.5. The van der Waals surface area contributed by atoms with Gasteiger partial charge in [0, 0.05) is 23.4 Å². The Kier molecular flexibility index (Phi) is 5.08. The summed E-state index contributed by atoms with van der Waals surface area (Å²) in [6, 6.07) is 17.8. The van der Waals surface area contributed by atoms with Crippen molar-refractivity contribution >= 4 is 45.2 Å². The van der Waals surface area contributed by atoms with Crippen LogP contribution < -0.4 is 10.6 Å². The molecule has 0 bridgehead atoms. The van der Waals surface area contributed by atoms with E-state index < -0.39 is 0 Å². The fourth-order valence-electron chi connectivity index (χ4n) is 2.64. The van der Waals surface area contributed by atoms with Crippen LogP contribution in [0.2, 0.25) is 0 Å². The van der Waals surface area contributed by atoms with E-state index in [1.807, 2.05) is 24.3 Å². The number of para-hydroxylation sites is 1. The zero-order valence-corrected chi connectivity index (χ0v) is 15.8. The summed E-state index contributed by atoms with van der Waals surface area (Å²) in [5.74, 6) is -1.03. The van der Waals surface area contributed by atoms with Crippen molar-refractivity contribution in [2.45, 2.75) is 0 Å². The maximum absolute atomic E-state index is 12.5. The molecule has 0 atom stereocenters. The lowest BCUT2D eigenvalue weighted by Gasteiger charge is -2.12. The summed E-state index contributed by atoms with van der Waals surface area (Å²) in [6.07, 6.45) is 2.48. The lowest BCUT2D eigenvalue weighted by molar-refractivity contribution is -0.113. The van der Waals surface area contributed by atoms with Gasteiger partial charge in [-0.25, -0.2) is 0 Å². The SMILES string of the molecule is O=C1C=C(c2nnc(NC(=O)c3ccccc3)s2)C(=O)C=C1Nc1ccccc1. The maximum atomic E-state index is 12.5. The van der Waals surface area contributed by atoms with Crippen LogP contribution in [-0.2, 0) is 9.59 Å². The predicted octanol–water partition coefficient (Wildman–Crippen LogP) is 3.32. The van der Waals surface area contributed by atoms with Crippen LogP contribution >= 0.6 is 11.3 Å². The molecule has 7 nitrogen and oxygen atoms in total. The van der Waals surface area contributed by atoms with E-state index in [1.165, 1.54) is 12.2 Å². The third-order valence-corrected chi connectivity index (χ3v) is 4.92. The van der Waals surface area contributed by atoms with Crippen molar-refractivity contribution in [3.05, 3.63) is 89.1 Å². The van der Waals surface area contributed by atoms with Gasteiger partial charge in [-0.1, -0.05) is 47.7 Å². The summed E-state index contributed by atoms with van der Waals surface area (Å²) >= 11 is 1.03. The second-order valence-electron chi connectivity index (χ2n) is 6.07. The molecule has 1 aromatic heterocycles. The summed E-state index contributed by atoms with van der Waals surface area (Å²) in [7, 11) is 0. The first-order chi connectivity index (χ1) is 14.1. The molecule has 2 aromatic carbocycles. The molecule has 0 radical (unpaired) electrons. The minimum absolute atomic E-state index is 0.145. The molecular weight excluding hydrogens is 388 g/mol. The largest absolute Gasteiger partial charge is 0.352 e. The smallest absolute Gasteiger partial charge is 0.257 e. The number of nitrogens with one attached hydrogen (secondary N) is 2. The minimum Gasteiger partial charge on any atom is -0.352 e. The highest BCUT2D eigenvalue weighted by Gasteiger charge is 2.24. The molecule has 1 heterocycles. The number of allylic oxidation sites excluding steroid dienone is 3. The quantitative estimate of drug-likeness (QED) is 0.635. The number of benzene rings is 2. The molecule has 0 unspecified atom stereocenters. The molecule has 0 saturated carbocycles. The average Bonchev–Trinajstić information content (AvgIpc) is 3.20. The first-order valence-corrected chi connectivity index (χ1v) is 9.46. The van der Waals surface area contributed by atoms with Crippen LogP contribution in [0.25, 0.3) is 5.57 Å². The van der Waals surface area contributed by atoms with Gasteiger partial charge in [-0.05, 0) is 24.3 Å². The molecule has 1 aliphatic rings. The van der Waals surface area contributed by atoms with E-state index in [2.05, 4.69) is 20.8 Å². The van der Waals surface area contributed by atoms with Crippen LogP contribution in [0, 0.1) is 0 Å². The molecule has 1 amide bonds. The van der Waals surface area contributed by atoms with Crippen molar-refractivity contribution in [3.63, 3.8) is 0 Å². The second kappa shape index (κ2) is 7.99. The Morgan fingerprint density at radius 2 is 1.52 bits per heavy atom. The Morgan fingerprint density at radius 1 is 0.828 bits per heavy atom. The summed E-state index contributed by atoms with van der Waals surface area (Å²) < 4.78 is 0. The molecule has 0 aliphatic heterocycles. The fourth-order valence-corrected chi connectivity index (χ4v) is 3.40. The highest BCUT2D eigenvalue weighted by atomic mass is 32.1. The molecule has 0 saturated heterocycles. The van der Waals surface area contributed by atoms with Crippen molar-refractivity contribution in [1.82, 2.24) is 10.2 Å². The normalized spacial score (nSPS) is 13.5. The number of rotatable bonds is 5. The van der Waals surface area contributed by atoms with E-state index in [9.17, 15) is 14.4 Å². The highest BCUT2D eigenvalue weighted by Crippen LogP contribution is 2.27. The molecule has 8 heteroatoms. The number of hydrogen-bond acceptors (Lipinski definition) is 7. The number of aromatic nitrogens is 2. The lowest BCUT2D eigenvalue weighted by Crippen LogP contribution is -2.17. The number of anilines is 2. The Labute approximate surface area is 169 Å². The van der Waals surface area contributed by atoms with Crippen molar-refractivity contribution in [3.8, 4) is 0 Å². The molecular formula is C21H14N4O3S. The van der Waals surface area contributed by atoms with E-state index in [0.29, 0.717) is 11.3 Å². The number of carbonyl (C=O) groups excluding carboxylic acids is 3. The van der Waals surface area contributed by atoms with Crippen LogP contribution in [0.4, 0.5) is 10.8 Å². The highest BCUT2D eigenvalue weighted by molar-refractivity contribution is 7.16. The standard InChI is InChI=1S/C21H14N4O3S/c26-17-12-16(22-14-9-5-2-6-10-14)18(27)11-15(17)20-24-25-21(29-20)23-19(28)13-7-3-1-4-8-13/h1-12,22H,(H,23,25,28). The lowest BCUT2D eigenvalue weighted by atomic mass is 10.0. The van der Waals surface area contributed by atoms with Gasteiger partial charge in [-0.2, -0.15) is 0 Å². The number of nitrogens with zero attached hydrogens (tertiary/aromatic N) is 2. The van der Waals surface area contributed by atoms with Gasteiger partial charge in [0.25, 0.3) is 5.91 Å². The Hall–Kier alpha value is -3.91. The van der Waals surface area contributed by atoms with Crippen LogP contribution in [0.1, 0.15) is 15.4 Å². The second-order valence-corrected chi connectivity index (χ2v) is 7.05. The number of amides is 1. The summed E-state index contributed by atoms with van der Waals surface area (Å²) in [5, 5.41) is 13.9. The molecule has 2 N–H and O–H groups in total.